The summed E-state index contributed by atoms with van der Waals surface area (Å²) in [5, 5.41) is 1.46. The fourth-order valence-corrected chi connectivity index (χ4v) is 2.74. The largest absolute Gasteiger partial charge is 0.227 e. The molecular weight excluding hydrogens is 310 g/mol. The quantitative estimate of drug-likeness (QED) is 0.564. The number of nitrogens with zero attached hydrogens (tertiary/aromatic N) is 2. The Balaban J connectivity index is 2.31. The highest BCUT2D eigenvalue weighted by atomic mass is 35.5. The molecule has 0 aliphatic heterocycles. The van der Waals surface area contributed by atoms with Gasteiger partial charge in [-0.2, -0.15) is 0 Å². The number of benzene rings is 2. The molecule has 0 amide bonds. The lowest BCUT2D eigenvalue weighted by atomic mass is 10.1. The first-order valence-corrected chi connectivity index (χ1v) is 7.12. The van der Waals surface area contributed by atoms with Gasteiger partial charge in [0.1, 0.15) is 11.0 Å². The van der Waals surface area contributed by atoms with Crippen molar-refractivity contribution in [2.45, 2.75) is 13.8 Å². The summed E-state index contributed by atoms with van der Waals surface area (Å²) in [6.45, 7) is 3.62. The van der Waals surface area contributed by atoms with Gasteiger partial charge in [0.25, 0.3) is 0 Å². The molecule has 0 aliphatic carbocycles. The molecule has 21 heavy (non-hydrogen) atoms. The second-order valence-electron chi connectivity index (χ2n) is 4.89. The topological polar surface area (TPSA) is 25.8 Å². The van der Waals surface area contributed by atoms with Crippen molar-refractivity contribution in [3.8, 4) is 11.4 Å². The molecule has 3 rings (SSSR count). The third-order valence-corrected chi connectivity index (χ3v) is 3.98. The van der Waals surface area contributed by atoms with Gasteiger partial charge in [0.15, 0.2) is 5.82 Å². The number of rotatable bonds is 1. The van der Waals surface area contributed by atoms with Crippen LogP contribution in [0.5, 0.6) is 0 Å². The molecule has 0 radical (unpaired) electrons. The van der Waals surface area contributed by atoms with Crippen LogP contribution < -0.4 is 0 Å². The van der Waals surface area contributed by atoms with Crippen molar-refractivity contribution in [1.29, 1.82) is 0 Å². The summed E-state index contributed by atoms with van der Waals surface area (Å²) in [5.74, 6) is 0.0735. The van der Waals surface area contributed by atoms with Crippen LogP contribution in [0.1, 0.15) is 11.1 Å². The maximum absolute atomic E-state index is 13.7. The number of hydrogen-bond acceptors (Lipinski definition) is 2. The third-order valence-electron chi connectivity index (χ3n) is 3.37. The molecule has 3 aromatic rings. The van der Waals surface area contributed by atoms with E-state index in [-0.39, 0.29) is 11.0 Å². The van der Waals surface area contributed by atoms with Gasteiger partial charge in [0.2, 0.25) is 0 Å². The summed E-state index contributed by atoms with van der Waals surface area (Å²) in [7, 11) is 0. The average molecular weight is 321 g/mol. The zero-order chi connectivity index (χ0) is 15.1. The van der Waals surface area contributed by atoms with E-state index in [1.165, 1.54) is 6.07 Å². The minimum Gasteiger partial charge on any atom is -0.227 e. The van der Waals surface area contributed by atoms with Crippen LogP contribution in [-0.2, 0) is 0 Å². The molecule has 0 aliphatic rings. The lowest BCUT2D eigenvalue weighted by molar-refractivity contribution is 0.620. The van der Waals surface area contributed by atoms with E-state index in [1.807, 2.05) is 25.1 Å². The minimum atomic E-state index is -0.321. The van der Waals surface area contributed by atoms with Crippen molar-refractivity contribution in [2.24, 2.45) is 0 Å². The van der Waals surface area contributed by atoms with Gasteiger partial charge in [-0.3, -0.25) is 0 Å². The molecule has 1 heterocycles. The summed E-state index contributed by atoms with van der Waals surface area (Å²) >= 11 is 12.4. The zero-order valence-corrected chi connectivity index (χ0v) is 12.9. The highest BCUT2D eigenvalue weighted by Gasteiger charge is 2.14. The van der Waals surface area contributed by atoms with Gasteiger partial charge in [0, 0.05) is 16.5 Å². The van der Waals surface area contributed by atoms with Crippen LogP contribution >= 0.6 is 23.2 Å². The Morgan fingerprint density at radius 2 is 1.76 bits per heavy atom. The van der Waals surface area contributed by atoms with E-state index >= 15 is 0 Å². The molecule has 0 bridgehead atoms. The van der Waals surface area contributed by atoms with Crippen molar-refractivity contribution in [2.75, 3.05) is 0 Å². The lowest BCUT2D eigenvalue weighted by Crippen LogP contribution is -1.96. The third kappa shape index (κ3) is 2.47. The van der Waals surface area contributed by atoms with Crippen LogP contribution in [0.4, 0.5) is 4.39 Å². The van der Waals surface area contributed by atoms with Gasteiger partial charge in [-0.15, -0.1) is 0 Å². The normalized spacial score (nSPS) is 11.1. The Bertz CT molecular complexity index is 863. The predicted molar refractivity (Wildman–Crippen MR) is 84.4 cm³/mol. The van der Waals surface area contributed by atoms with Crippen molar-refractivity contribution < 1.29 is 4.39 Å². The Morgan fingerprint density at radius 1 is 1.00 bits per heavy atom. The molecule has 0 atom stereocenters. The van der Waals surface area contributed by atoms with E-state index in [9.17, 15) is 4.39 Å². The van der Waals surface area contributed by atoms with Crippen LogP contribution in [0.2, 0.25) is 10.2 Å². The SMILES string of the molecule is Cc1ccc(-c2nc(Cl)c3ccc(F)c(C)c3n2)c(Cl)c1. The van der Waals surface area contributed by atoms with Gasteiger partial charge < -0.3 is 0 Å². The molecule has 5 heteroatoms. The molecule has 106 valence electrons. The van der Waals surface area contributed by atoms with Gasteiger partial charge in [-0.25, -0.2) is 14.4 Å². The maximum atomic E-state index is 13.7. The first kappa shape index (κ1) is 14.2. The molecule has 0 fully saturated rings. The zero-order valence-electron chi connectivity index (χ0n) is 11.4. The highest BCUT2D eigenvalue weighted by molar-refractivity contribution is 6.35. The Morgan fingerprint density at radius 3 is 2.48 bits per heavy atom. The van der Waals surface area contributed by atoms with E-state index in [4.69, 9.17) is 23.2 Å². The first-order valence-electron chi connectivity index (χ1n) is 6.36. The fraction of sp³-hybridized carbons (Fsp3) is 0.125. The monoisotopic (exact) mass is 320 g/mol. The maximum Gasteiger partial charge on any atom is 0.163 e. The van der Waals surface area contributed by atoms with E-state index in [0.717, 1.165) is 5.56 Å². The number of halogens is 3. The van der Waals surface area contributed by atoms with Crippen molar-refractivity contribution in [1.82, 2.24) is 9.97 Å². The lowest BCUT2D eigenvalue weighted by Gasteiger charge is -2.09. The summed E-state index contributed by atoms with van der Waals surface area (Å²) in [5.41, 5.74) is 2.66. The molecular formula is C16H11Cl2FN2. The van der Waals surface area contributed by atoms with Crippen LogP contribution in [0.3, 0.4) is 0 Å². The molecule has 1 aromatic heterocycles. The standard InChI is InChI=1S/C16H11Cl2FN2/c1-8-3-4-10(12(17)7-8)16-20-14-9(2)13(19)6-5-11(14)15(18)21-16/h3-7H,1-2H3. The molecule has 0 spiro atoms. The Kier molecular flexibility index (Phi) is 3.56. The molecule has 0 saturated heterocycles. The summed E-state index contributed by atoms with van der Waals surface area (Å²) in [6, 6.07) is 8.54. The van der Waals surface area contributed by atoms with Gasteiger partial charge >= 0.3 is 0 Å². The number of fused-ring (bicyclic) bond motifs is 1. The number of hydrogen-bond donors (Lipinski definition) is 0. The molecule has 2 aromatic carbocycles. The number of aryl methyl sites for hydroxylation is 2. The van der Waals surface area contributed by atoms with E-state index in [2.05, 4.69) is 9.97 Å². The van der Waals surface area contributed by atoms with Crippen LogP contribution in [0, 0.1) is 19.7 Å². The van der Waals surface area contributed by atoms with E-state index < -0.39 is 0 Å². The Labute approximate surface area is 131 Å². The van der Waals surface area contributed by atoms with Gasteiger partial charge in [-0.05, 0) is 43.7 Å². The summed E-state index contributed by atoms with van der Waals surface area (Å²) < 4.78 is 13.7. The fourth-order valence-electron chi connectivity index (χ4n) is 2.19. The first-order chi connectivity index (χ1) is 9.97. The Hall–Kier alpha value is -1.71. The highest BCUT2D eigenvalue weighted by Crippen LogP contribution is 2.31. The van der Waals surface area contributed by atoms with Crippen LogP contribution in [0.25, 0.3) is 22.3 Å². The smallest absolute Gasteiger partial charge is 0.163 e. The predicted octanol–water partition coefficient (Wildman–Crippen LogP) is 5.36. The minimum absolute atomic E-state index is 0.287. The van der Waals surface area contributed by atoms with Crippen LogP contribution in [-0.4, -0.2) is 9.97 Å². The van der Waals surface area contributed by atoms with E-state index in [0.29, 0.717) is 32.9 Å². The van der Waals surface area contributed by atoms with Crippen molar-refractivity contribution >= 4 is 34.1 Å². The van der Waals surface area contributed by atoms with Crippen molar-refractivity contribution in [3.05, 3.63) is 57.5 Å². The average Bonchev–Trinajstić information content (AvgIpc) is 2.43. The van der Waals surface area contributed by atoms with Gasteiger partial charge in [-0.1, -0.05) is 29.3 Å². The second-order valence-corrected chi connectivity index (χ2v) is 5.66. The number of aromatic nitrogens is 2. The molecule has 0 saturated carbocycles. The summed E-state index contributed by atoms with van der Waals surface area (Å²) in [4.78, 5) is 8.72. The molecule has 0 unspecified atom stereocenters. The van der Waals surface area contributed by atoms with Crippen molar-refractivity contribution in [3.63, 3.8) is 0 Å². The van der Waals surface area contributed by atoms with E-state index in [1.54, 1.807) is 13.0 Å². The second kappa shape index (κ2) is 5.24. The molecule has 0 N–H and O–H groups in total. The van der Waals surface area contributed by atoms with Gasteiger partial charge in [0.05, 0.1) is 10.5 Å². The molecule has 2 nitrogen and oxygen atoms in total. The summed E-state index contributed by atoms with van der Waals surface area (Å²) in [6.07, 6.45) is 0. The van der Waals surface area contributed by atoms with Crippen LogP contribution in [0.15, 0.2) is 30.3 Å².